The number of rotatable bonds is 6. The van der Waals surface area contributed by atoms with Crippen LogP contribution in [0.15, 0.2) is 205 Å². The van der Waals surface area contributed by atoms with E-state index in [4.69, 9.17) is 14.4 Å². The van der Waals surface area contributed by atoms with Gasteiger partial charge >= 0.3 is 0 Å². The van der Waals surface area contributed by atoms with Gasteiger partial charge in [0, 0.05) is 32.9 Å². The number of nitrogens with zero attached hydrogens (tertiary/aromatic N) is 2. The first-order chi connectivity index (χ1) is 28.1. The van der Waals surface area contributed by atoms with Gasteiger partial charge in [0.15, 0.2) is 5.82 Å². The number of furan rings is 1. The first kappa shape index (κ1) is 33.0. The lowest BCUT2D eigenvalue weighted by Crippen LogP contribution is -2.22. The number of hydrogen-bond acceptors (Lipinski definition) is 3. The van der Waals surface area contributed by atoms with E-state index in [0.29, 0.717) is 5.82 Å². The van der Waals surface area contributed by atoms with Crippen LogP contribution in [0.4, 0.5) is 0 Å². The van der Waals surface area contributed by atoms with E-state index in [1.165, 1.54) is 27.8 Å². The monoisotopic (exact) mass is 728 g/mol. The highest BCUT2D eigenvalue weighted by Gasteiger charge is 2.40. The van der Waals surface area contributed by atoms with Crippen molar-refractivity contribution in [2.24, 2.45) is 0 Å². The second-order valence-corrected chi connectivity index (χ2v) is 15.1. The van der Waals surface area contributed by atoms with Crippen LogP contribution in [0, 0.1) is 0 Å². The van der Waals surface area contributed by atoms with Crippen LogP contribution in [0.5, 0.6) is 0 Å². The molecule has 1 aliphatic carbocycles. The summed E-state index contributed by atoms with van der Waals surface area (Å²) in [7, 11) is 0. The fraction of sp³-hybridized carbons (Fsp3) is 0.0370. The number of benzene rings is 8. The van der Waals surface area contributed by atoms with E-state index in [9.17, 15) is 0 Å². The van der Waals surface area contributed by atoms with Crippen LogP contribution in [0.3, 0.4) is 0 Å². The molecule has 3 nitrogen and oxygen atoms in total. The molecule has 1 unspecified atom stereocenters. The number of para-hydroxylation sites is 1. The molecular formula is C54H36N2O. The van der Waals surface area contributed by atoms with Crippen molar-refractivity contribution in [3.63, 3.8) is 0 Å². The van der Waals surface area contributed by atoms with Crippen LogP contribution < -0.4 is 0 Å². The average molecular weight is 729 g/mol. The highest BCUT2D eigenvalue weighted by Crippen LogP contribution is 2.53. The number of aromatic nitrogens is 2. The molecule has 1 atom stereocenters. The molecule has 0 saturated carbocycles. The summed E-state index contributed by atoms with van der Waals surface area (Å²) in [6.45, 7) is 2.35. The lowest BCUT2D eigenvalue weighted by molar-refractivity contribution is 0.669. The molecule has 2 heterocycles. The molecule has 3 heteroatoms. The maximum absolute atomic E-state index is 6.10. The van der Waals surface area contributed by atoms with Gasteiger partial charge in [-0.1, -0.05) is 170 Å². The minimum Gasteiger partial charge on any atom is -0.456 e. The van der Waals surface area contributed by atoms with E-state index >= 15 is 0 Å². The minimum atomic E-state index is -0.257. The molecule has 0 aliphatic heterocycles. The van der Waals surface area contributed by atoms with Crippen molar-refractivity contribution < 1.29 is 4.42 Å². The third kappa shape index (κ3) is 5.43. The lowest BCUT2D eigenvalue weighted by atomic mass is 9.74. The van der Waals surface area contributed by atoms with Crippen LogP contribution in [0.1, 0.15) is 23.6 Å². The third-order valence-corrected chi connectivity index (χ3v) is 11.8. The van der Waals surface area contributed by atoms with E-state index in [0.717, 1.165) is 72.3 Å². The van der Waals surface area contributed by atoms with Crippen molar-refractivity contribution >= 4 is 21.9 Å². The maximum atomic E-state index is 6.10. The Hall–Kier alpha value is -7.36. The average Bonchev–Trinajstić information content (AvgIpc) is 3.79. The highest BCUT2D eigenvalue weighted by atomic mass is 16.3. The first-order valence-corrected chi connectivity index (χ1v) is 19.5. The Kier molecular flexibility index (Phi) is 7.61. The van der Waals surface area contributed by atoms with Crippen LogP contribution in [0.25, 0.3) is 89.2 Å². The summed E-state index contributed by atoms with van der Waals surface area (Å²) in [5, 5.41) is 2.26. The first-order valence-electron chi connectivity index (χ1n) is 19.5. The number of hydrogen-bond donors (Lipinski definition) is 0. The van der Waals surface area contributed by atoms with Gasteiger partial charge in [-0.15, -0.1) is 0 Å². The van der Waals surface area contributed by atoms with Gasteiger partial charge in [0.2, 0.25) is 0 Å². The Morgan fingerprint density at radius 1 is 0.368 bits per heavy atom. The summed E-state index contributed by atoms with van der Waals surface area (Å²) in [5.41, 5.74) is 17.4. The zero-order chi connectivity index (χ0) is 37.9. The van der Waals surface area contributed by atoms with Gasteiger partial charge in [-0.05, 0) is 87.3 Å². The van der Waals surface area contributed by atoms with Gasteiger partial charge in [-0.2, -0.15) is 0 Å². The molecule has 0 fully saturated rings. The van der Waals surface area contributed by atoms with Crippen molar-refractivity contribution in [2.45, 2.75) is 12.3 Å². The summed E-state index contributed by atoms with van der Waals surface area (Å²) in [5.74, 6) is 0.699. The SMILES string of the molecule is CC1(c2ccccc2)c2ccccc2-c2cc(-c3cc(-c4ccccc4-c4ccc(-c5ccc6oc7ccccc7c6c5)cc4)nc(-c4ccccc4)n3)ccc21. The third-order valence-electron chi connectivity index (χ3n) is 11.8. The van der Waals surface area contributed by atoms with Crippen molar-refractivity contribution in [2.75, 3.05) is 0 Å². The van der Waals surface area contributed by atoms with Gasteiger partial charge in [-0.3, -0.25) is 0 Å². The van der Waals surface area contributed by atoms with Gasteiger partial charge in [-0.25, -0.2) is 9.97 Å². The van der Waals surface area contributed by atoms with Crippen molar-refractivity contribution in [3.8, 4) is 67.3 Å². The summed E-state index contributed by atoms with van der Waals surface area (Å²) in [6, 6.07) is 71.1. The van der Waals surface area contributed by atoms with Crippen LogP contribution >= 0.6 is 0 Å². The molecule has 2 aromatic heterocycles. The molecule has 1 aliphatic rings. The molecule has 11 rings (SSSR count). The van der Waals surface area contributed by atoms with Crippen LogP contribution in [0.2, 0.25) is 0 Å². The molecule has 0 bridgehead atoms. The van der Waals surface area contributed by atoms with Gasteiger partial charge in [0.1, 0.15) is 11.2 Å². The Morgan fingerprint density at radius 2 is 0.965 bits per heavy atom. The zero-order valence-electron chi connectivity index (χ0n) is 31.4. The van der Waals surface area contributed by atoms with Crippen LogP contribution in [-0.4, -0.2) is 9.97 Å². The summed E-state index contributed by atoms with van der Waals surface area (Å²) >= 11 is 0. The summed E-state index contributed by atoms with van der Waals surface area (Å²) in [4.78, 5) is 10.5. The van der Waals surface area contributed by atoms with E-state index in [1.54, 1.807) is 0 Å². The highest BCUT2D eigenvalue weighted by molar-refractivity contribution is 6.06. The summed E-state index contributed by atoms with van der Waals surface area (Å²) < 4.78 is 6.10. The van der Waals surface area contributed by atoms with Gasteiger partial charge in [0.05, 0.1) is 11.4 Å². The Labute approximate surface area is 331 Å². The normalized spacial score (nSPS) is 14.5. The summed E-state index contributed by atoms with van der Waals surface area (Å²) in [6.07, 6.45) is 0. The van der Waals surface area contributed by atoms with Crippen molar-refractivity contribution in [3.05, 3.63) is 217 Å². The fourth-order valence-corrected chi connectivity index (χ4v) is 8.90. The van der Waals surface area contributed by atoms with Crippen LogP contribution in [-0.2, 0) is 5.41 Å². The molecule has 268 valence electrons. The standard InChI is InChI=1S/C54H36N2O/c1-54(40-16-6-3-7-17-40)47-22-12-10-19-42(47)45-33-39(28-30-48(45)54)49-34-50(56-53(55-49)37-14-4-2-5-15-37)43-20-9-8-18-41(43)36-26-24-35(25-27-36)38-29-31-52-46(32-38)44-21-11-13-23-51(44)57-52/h2-34H,1H3. The predicted molar refractivity (Wildman–Crippen MR) is 234 cm³/mol. The van der Waals surface area contributed by atoms with Gasteiger partial charge < -0.3 is 4.42 Å². The zero-order valence-corrected chi connectivity index (χ0v) is 31.4. The van der Waals surface area contributed by atoms with E-state index < -0.39 is 0 Å². The molecular weight excluding hydrogens is 693 g/mol. The largest absolute Gasteiger partial charge is 0.456 e. The molecule has 0 N–H and O–H groups in total. The fourth-order valence-electron chi connectivity index (χ4n) is 8.90. The quantitative estimate of drug-likeness (QED) is 0.171. The van der Waals surface area contributed by atoms with E-state index in [2.05, 4.69) is 177 Å². The van der Waals surface area contributed by atoms with Crippen molar-refractivity contribution in [1.29, 1.82) is 0 Å². The Balaban J connectivity index is 1.02. The molecule has 57 heavy (non-hydrogen) atoms. The Morgan fingerprint density at radius 3 is 1.79 bits per heavy atom. The maximum Gasteiger partial charge on any atom is 0.160 e. The smallest absolute Gasteiger partial charge is 0.160 e. The number of fused-ring (bicyclic) bond motifs is 6. The molecule has 0 radical (unpaired) electrons. The second-order valence-electron chi connectivity index (χ2n) is 15.1. The Bertz CT molecular complexity index is 3130. The van der Waals surface area contributed by atoms with Crippen molar-refractivity contribution in [1.82, 2.24) is 9.97 Å². The topological polar surface area (TPSA) is 38.9 Å². The second kappa shape index (κ2) is 13.1. The lowest BCUT2D eigenvalue weighted by Gasteiger charge is -2.28. The minimum absolute atomic E-state index is 0.257. The molecule has 0 amide bonds. The van der Waals surface area contributed by atoms with E-state index in [-0.39, 0.29) is 5.41 Å². The molecule has 10 aromatic rings. The molecule has 0 spiro atoms. The van der Waals surface area contributed by atoms with E-state index in [1.807, 2.05) is 30.3 Å². The van der Waals surface area contributed by atoms with Gasteiger partial charge in [0.25, 0.3) is 0 Å². The molecule has 0 saturated heterocycles. The molecule has 8 aromatic carbocycles. The predicted octanol–water partition coefficient (Wildman–Crippen LogP) is 14.0.